The topological polar surface area (TPSA) is 113 Å². The Labute approximate surface area is 190 Å². The SMILES string of the molecule is CCN(Cc1ccc(OC)c(OC)c1)C(=O)COC(=O)CCn1nnc2ccccc2c1=O. The molecule has 3 rings (SSSR count). The molecule has 0 aliphatic rings. The van der Waals surface area contributed by atoms with E-state index in [1.807, 2.05) is 13.0 Å². The first-order valence-electron chi connectivity index (χ1n) is 10.4. The fraction of sp³-hybridized carbons (Fsp3) is 0.348. The van der Waals surface area contributed by atoms with Gasteiger partial charge in [-0.05, 0) is 36.8 Å². The largest absolute Gasteiger partial charge is 0.493 e. The Morgan fingerprint density at radius 2 is 1.82 bits per heavy atom. The lowest BCUT2D eigenvalue weighted by molar-refractivity contribution is -0.152. The van der Waals surface area contributed by atoms with Gasteiger partial charge in [-0.15, -0.1) is 5.10 Å². The van der Waals surface area contributed by atoms with Crippen LogP contribution in [-0.2, 0) is 27.4 Å². The van der Waals surface area contributed by atoms with Crippen LogP contribution in [0.5, 0.6) is 11.5 Å². The predicted octanol–water partition coefficient (Wildman–Crippen LogP) is 1.79. The molecule has 0 N–H and O–H groups in total. The van der Waals surface area contributed by atoms with E-state index in [1.165, 1.54) is 0 Å². The second-order valence-corrected chi connectivity index (χ2v) is 7.14. The molecule has 3 aromatic rings. The van der Waals surface area contributed by atoms with Crippen LogP contribution < -0.4 is 15.0 Å². The number of fused-ring (bicyclic) bond motifs is 1. The summed E-state index contributed by atoms with van der Waals surface area (Å²) in [5, 5.41) is 8.24. The summed E-state index contributed by atoms with van der Waals surface area (Å²) in [6.45, 7) is 2.22. The molecule has 1 amide bonds. The minimum absolute atomic E-state index is 0.00677. The third kappa shape index (κ3) is 5.85. The van der Waals surface area contributed by atoms with Crippen molar-refractivity contribution in [2.45, 2.75) is 26.4 Å². The van der Waals surface area contributed by atoms with Crippen LogP contribution in [0.3, 0.4) is 0 Å². The highest BCUT2D eigenvalue weighted by molar-refractivity contribution is 5.80. The number of hydrogen-bond acceptors (Lipinski definition) is 8. The number of hydrogen-bond donors (Lipinski definition) is 0. The lowest BCUT2D eigenvalue weighted by atomic mass is 10.2. The van der Waals surface area contributed by atoms with Crippen LogP contribution in [0.2, 0.25) is 0 Å². The van der Waals surface area contributed by atoms with Gasteiger partial charge in [-0.1, -0.05) is 23.4 Å². The minimum Gasteiger partial charge on any atom is -0.493 e. The fourth-order valence-corrected chi connectivity index (χ4v) is 3.25. The summed E-state index contributed by atoms with van der Waals surface area (Å²) in [5.41, 5.74) is 1.00. The number of nitrogens with zero attached hydrogens (tertiary/aromatic N) is 4. The molecule has 0 saturated carbocycles. The highest BCUT2D eigenvalue weighted by Crippen LogP contribution is 2.28. The van der Waals surface area contributed by atoms with Gasteiger partial charge in [0.05, 0.1) is 32.6 Å². The zero-order chi connectivity index (χ0) is 23.8. The van der Waals surface area contributed by atoms with Crippen LogP contribution in [0.1, 0.15) is 18.9 Å². The van der Waals surface area contributed by atoms with Crippen molar-refractivity contribution in [2.75, 3.05) is 27.4 Å². The van der Waals surface area contributed by atoms with E-state index in [0.29, 0.717) is 35.5 Å². The summed E-state index contributed by atoms with van der Waals surface area (Å²) in [6.07, 6.45) is -0.109. The Hall–Kier alpha value is -3.95. The van der Waals surface area contributed by atoms with Gasteiger partial charge in [0.15, 0.2) is 18.1 Å². The van der Waals surface area contributed by atoms with Gasteiger partial charge in [0.1, 0.15) is 5.52 Å². The number of ether oxygens (including phenoxy) is 3. The van der Waals surface area contributed by atoms with Crippen LogP contribution in [0.15, 0.2) is 47.3 Å². The Kier molecular flexibility index (Phi) is 7.96. The average molecular weight is 454 g/mol. The molecule has 0 aliphatic carbocycles. The molecule has 2 aromatic carbocycles. The molecule has 10 nitrogen and oxygen atoms in total. The molecule has 0 bridgehead atoms. The third-order valence-corrected chi connectivity index (χ3v) is 5.07. The predicted molar refractivity (Wildman–Crippen MR) is 120 cm³/mol. The summed E-state index contributed by atoms with van der Waals surface area (Å²) in [5.74, 6) is 0.229. The quantitative estimate of drug-likeness (QED) is 0.426. The molecule has 0 spiro atoms. The van der Waals surface area contributed by atoms with E-state index in [2.05, 4.69) is 10.3 Å². The first-order valence-corrected chi connectivity index (χ1v) is 10.4. The Balaban J connectivity index is 1.53. The van der Waals surface area contributed by atoms with Gasteiger partial charge >= 0.3 is 5.97 Å². The number of carbonyl (C=O) groups is 2. The Morgan fingerprint density at radius 3 is 2.55 bits per heavy atom. The molecule has 0 atom stereocenters. The summed E-state index contributed by atoms with van der Waals surface area (Å²) >= 11 is 0. The van der Waals surface area contributed by atoms with Crippen molar-refractivity contribution in [3.63, 3.8) is 0 Å². The lowest BCUT2D eigenvalue weighted by Crippen LogP contribution is -2.34. The lowest BCUT2D eigenvalue weighted by Gasteiger charge is -2.21. The smallest absolute Gasteiger partial charge is 0.308 e. The van der Waals surface area contributed by atoms with Crippen molar-refractivity contribution < 1.29 is 23.8 Å². The van der Waals surface area contributed by atoms with E-state index < -0.39 is 12.6 Å². The second kappa shape index (κ2) is 11.1. The number of likely N-dealkylation sites (N-methyl/N-ethyl adjacent to an activating group) is 1. The monoisotopic (exact) mass is 454 g/mol. The molecule has 0 aliphatic heterocycles. The Bertz CT molecular complexity index is 1190. The molecule has 0 saturated heterocycles. The molecule has 10 heteroatoms. The molecule has 1 aromatic heterocycles. The van der Waals surface area contributed by atoms with E-state index in [9.17, 15) is 14.4 Å². The summed E-state index contributed by atoms with van der Waals surface area (Å²) < 4.78 is 16.7. The van der Waals surface area contributed by atoms with Crippen molar-refractivity contribution in [2.24, 2.45) is 0 Å². The van der Waals surface area contributed by atoms with Gasteiger partial charge in [0.2, 0.25) is 0 Å². The summed E-state index contributed by atoms with van der Waals surface area (Å²) in [4.78, 5) is 38.7. The average Bonchev–Trinajstić information content (AvgIpc) is 2.85. The van der Waals surface area contributed by atoms with Crippen LogP contribution >= 0.6 is 0 Å². The van der Waals surface area contributed by atoms with Crippen LogP contribution in [0.25, 0.3) is 10.9 Å². The Morgan fingerprint density at radius 1 is 1.06 bits per heavy atom. The molecule has 0 radical (unpaired) electrons. The van der Waals surface area contributed by atoms with Crippen LogP contribution in [0, 0.1) is 0 Å². The number of benzene rings is 2. The van der Waals surface area contributed by atoms with Gasteiger partial charge in [0.25, 0.3) is 11.5 Å². The fourth-order valence-electron chi connectivity index (χ4n) is 3.25. The van der Waals surface area contributed by atoms with Gasteiger partial charge in [-0.3, -0.25) is 14.4 Å². The third-order valence-electron chi connectivity index (χ3n) is 5.07. The van der Waals surface area contributed by atoms with Crippen molar-refractivity contribution in [1.29, 1.82) is 0 Å². The van der Waals surface area contributed by atoms with Gasteiger partial charge in [0, 0.05) is 13.1 Å². The van der Waals surface area contributed by atoms with E-state index in [0.717, 1.165) is 10.2 Å². The zero-order valence-corrected chi connectivity index (χ0v) is 18.8. The molecular weight excluding hydrogens is 428 g/mol. The second-order valence-electron chi connectivity index (χ2n) is 7.14. The highest BCUT2D eigenvalue weighted by Gasteiger charge is 2.16. The number of amides is 1. The maximum absolute atomic E-state index is 12.6. The molecule has 0 unspecified atom stereocenters. The van der Waals surface area contributed by atoms with E-state index in [1.54, 1.807) is 55.5 Å². The minimum atomic E-state index is -0.604. The van der Waals surface area contributed by atoms with Gasteiger partial charge < -0.3 is 19.1 Å². The maximum atomic E-state index is 12.6. The number of carbonyl (C=O) groups excluding carboxylic acids is 2. The standard InChI is InChI=1S/C23H26N4O6/c1-4-26(14-16-9-10-19(31-2)20(13-16)32-3)21(28)15-33-22(29)11-12-27-23(30)17-7-5-6-8-18(17)24-25-27/h5-10,13H,4,11-12,14-15H2,1-3H3. The first-order chi connectivity index (χ1) is 16.0. The number of rotatable bonds is 10. The van der Waals surface area contributed by atoms with Crippen molar-refractivity contribution in [3.8, 4) is 11.5 Å². The van der Waals surface area contributed by atoms with Crippen LogP contribution in [0.4, 0.5) is 0 Å². The van der Waals surface area contributed by atoms with Crippen molar-refractivity contribution in [3.05, 3.63) is 58.4 Å². The van der Waals surface area contributed by atoms with Gasteiger partial charge in [-0.2, -0.15) is 0 Å². The maximum Gasteiger partial charge on any atom is 0.308 e. The summed E-state index contributed by atoms with van der Waals surface area (Å²) in [7, 11) is 3.10. The normalized spacial score (nSPS) is 10.6. The molecule has 1 heterocycles. The van der Waals surface area contributed by atoms with E-state index in [-0.39, 0.29) is 24.4 Å². The van der Waals surface area contributed by atoms with E-state index in [4.69, 9.17) is 14.2 Å². The van der Waals surface area contributed by atoms with E-state index >= 15 is 0 Å². The first kappa shape index (κ1) is 23.7. The van der Waals surface area contributed by atoms with Gasteiger partial charge in [-0.25, -0.2) is 4.68 Å². The highest BCUT2D eigenvalue weighted by atomic mass is 16.5. The number of aryl methyl sites for hydroxylation is 1. The number of esters is 1. The molecule has 174 valence electrons. The van der Waals surface area contributed by atoms with Crippen molar-refractivity contribution in [1.82, 2.24) is 19.9 Å². The summed E-state index contributed by atoms with van der Waals surface area (Å²) in [6, 6.07) is 12.2. The molecule has 0 fully saturated rings. The van der Waals surface area contributed by atoms with Crippen molar-refractivity contribution >= 4 is 22.8 Å². The number of methoxy groups -OCH3 is 2. The van der Waals surface area contributed by atoms with Crippen LogP contribution in [-0.4, -0.2) is 59.1 Å². The zero-order valence-electron chi connectivity index (χ0n) is 18.8. The number of aromatic nitrogens is 3. The molecular formula is C23H26N4O6. The molecule has 33 heavy (non-hydrogen) atoms.